The molecule has 1 N–H and O–H groups in total. The lowest BCUT2D eigenvalue weighted by atomic mass is 9.91. The zero-order valence-corrected chi connectivity index (χ0v) is 11.5. The predicted octanol–water partition coefficient (Wildman–Crippen LogP) is 2.52. The Labute approximate surface area is 110 Å². The Morgan fingerprint density at radius 2 is 2.11 bits per heavy atom. The summed E-state index contributed by atoms with van der Waals surface area (Å²) < 4.78 is 0. The molecule has 3 heteroatoms. The molecule has 1 aliphatic rings. The first-order valence-corrected chi connectivity index (χ1v) is 7.05. The molecule has 2 rings (SSSR count). The van der Waals surface area contributed by atoms with E-state index in [1.165, 1.54) is 6.42 Å². The number of aryl methyl sites for hydroxylation is 1. The third kappa shape index (κ3) is 3.30. The predicted molar refractivity (Wildman–Crippen MR) is 73.3 cm³/mol. The van der Waals surface area contributed by atoms with E-state index >= 15 is 0 Å². The highest BCUT2D eigenvalue weighted by Gasteiger charge is 2.27. The number of hydrogen-bond donors (Lipinski definition) is 1. The second kappa shape index (κ2) is 6.30. The lowest BCUT2D eigenvalue weighted by Crippen LogP contribution is -2.45. The van der Waals surface area contributed by atoms with Crippen molar-refractivity contribution in [1.82, 2.24) is 9.88 Å². The number of hydrogen-bond acceptors (Lipinski definition) is 3. The zero-order valence-electron chi connectivity index (χ0n) is 11.5. The Bertz CT molecular complexity index is 381. The molecule has 0 aliphatic heterocycles. The van der Waals surface area contributed by atoms with Crippen LogP contribution in [0.4, 0.5) is 0 Å². The van der Waals surface area contributed by atoms with Gasteiger partial charge in [-0.1, -0.05) is 25.8 Å². The summed E-state index contributed by atoms with van der Waals surface area (Å²) in [5, 5.41) is 10.1. The summed E-state index contributed by atoms with van der Waals surface area (Å²) in [4.78, 5) is 6.92. The molecule has 0 bridgehead atoms. The third-order valence-electron chi connectivity index (χ3n) is 3.88. The van der Waals surface area contributed by atoms with Crippen molar-refractivity contribution >= 4 is 0 Å². The van der Waals surface area contributed by atoms with Crippen molar-refractivity contribution in [1.29, 1.82) is 0 Å². The molecular formula is C15H24N2O. The van der Waals surface area contributed by atoms with Crippen LogP contribution in [0.2, 0.25) is 0 Å². The summed E-state index contributed by atoms with van der Waals surface area (Å²) >= 11 is 0. The molecule has 2 atom stereocenters. The van der Waals surface area contributed by atoms with Crippen LogP contribution in [-0.4, -0.2) is 33.7 Å². The standard InChI is InChI=1S/C15H24N2O/c1-3-17(14-9-4-5-10-15(14)18)11-13-8-6-7-12(2)16-13/h6-8,14-15,18H,3-5,9-11H2,1-2H3/t14-,15-/m0/s1. The molecule has 1 saturated carbocycles. The Balaban J connectivity index is 2.04. The summed E-state index contributed by atoms with van der Waals surface area (Å²) in [5.41, 5.74) is 2.17. The van der Waals surface area contributed by atoms with Crippen LogP contribution < -0.4 is 0 Å². The van der Waals surface area contributed by atoms with Gasteiger partial charge in [0.15, 0.2) is 0 Å². The van der Waals surface area contributed by atoms with Gasteiger partial charge in [0, 0.05) is 18.3 Å². The van der Waals surface area contributed by atoms with Crippen molar-refractivity contribution in [2.75, 3.05) is 6.54 Å². The van der Waals surface area contributed by atoms with Crippen LogP contribution in [0.15, 0.2) is 18.2 Å². The summed E-state index contributed by atoms with van der Waals surface area (Å²) in [6, 6.07) is 6.47. The van der Waals surface area contributed by atoms with Crippen molar-refractivity contribution in [3.8, 4) is 0 Å². The number of pyridine rings is 1. The fourth-order valence-corrected chi connectivity index (χ4v) is 2.88. The van der Waals surface area contributed by atoms with Crippen LogP contribution in [0.3, 0.4) is 0 Å². The number of aromatic nitrogens is 1. The van der Waals surface area contributed by atoms with Gasteiger partial charge >= 0.3 is 0 Å². The van der Waals surface area contributed by atoms with Crippen LogP contribution in [0.25, 0.3) is 0 Å². The first kappa shape index (κ1) is 13.5. The van der Waals surface area contributed by atoms with E-state index in [1.54, 1.807) is 0 Å². The molecule has 0 spiro atoms. The van der Waals surface area contributed by atoms with Crippen molar-refractivity contribution in [3.63, 3.8) is 0 Å². The molecule has 18 heavy (non-hydrogen) atoms. The van der Waals surface area contributed by atoms with E-state index in [4.69, 9.17) is 0 Å². The molecule has 0 aromatic carbocycles. The second-order valence-electron chi connectivity index (χ2n) is 5.25. The maximum atomic E-state index is 10.1. The van der Waals surface area contributed by atoms with E-state index in [0.29, 0.717) is 6.04 Å². The minimum Gasteiger partial charge on any atom is -0.391 e. The lowest BCUT2D eigenvalue weighted by molar-refractivity contribution is 0.0177. The molecular weight excluding hydrogens is 224 g/mol. The monoisotopic (exact) mass is 248 g/mol. The van der Waals surface area contributed by atoms with Crippen molar-refractivity contribution in [2.24, 2.45) is 0 Å². The fourth-order valence-electron chi connectivity index (χ4n) is 2.88. The van der Waals surface area contributed by atoms with Gasteiger partial charge in [0.1, 0.15) is 0 Å². The van der Waals surface area contributed by atoms with Gasteiger partial charge in [-0.25, -0.2) is 0 Å². The SMILES string of the molecule is CCN(Cc1cccc(C)n1)[C@H]1CCCC[C@@H]1O. The zero-order chi connectivity index (χ0) is 13.0. The molecule has 0 amide bonds. The van der Waals surface area contributed by atoms with Gasteiger partial charge in [-0.3, -0.25) is 9.88 Å². The molecule has 1 aromatic rings. The van der Waals surface area contributed by atoms with Crippen molar-refractivity contribution in [3.05, 3.63) is 29.6 Å². The molecule has 1 aromatic heterocycles. The highest BCUT2D eigenvalue weighted by atomic mass is 16.3. The first-order valence-electron chi connectivity index (χ1n) is 7.05. The van der Waals surface area contributed by atoms with Gasteiger partial charge in [-0.15, -0.1) is 0 Å². The number of likely N-dealkylation sites (N-methyl/N-ethyl adjacent to an activating group) is 1. The summed E-state index contributed by atoms with van der Waals surface area (Å²) in [6.45, 7) is 6.00. The number of aliphatic hydroxyl groups excluding tert-OH is 1. The average Bonchev–Trinajstić information content (AvgIpc) is 2.37. The van der Waals surface area contributed by atoms with Crippen LogP contribution in [0.1, 0.15) is 44.0 Å². The summed E-state index contributed by atoms with van der Waals surface area (Å²) in [7, 11) is 0. The maximum absolute atomic E-state index is 10.1. The molecule has 0 radical (unpaired) electrons. The van der Waals surface area contributed by atoms with Gasteiger partial charge < -0.3 is 5.11 Å². The third-order valence-corrected chi connectivity index (χ3v) is 3.88. The Kier molecular flexibility index (Phi) is 4.72. The fraction of sp³-hybridized carbons (Fsp3) is 0.667. The quantitative estimate of drug-likeness (QED) is 0.889. The van der Waals surface area contributed by atoms with Gasteiger partial charge in [0.05, 0.1) is 11.8 Å². The number of aliphatic hydroxyl groups is 1. The number of nitrogens with zero attached hydrogens (tertiary/aromatic N) is 2. The molecule has 1 fully saturated rings. The van der Waals surface area contributed by atoms with Crippen LogP contribution in [0, 0.1) is 6.92 Å². The van der Waals surface area contributed by atoms with E-state index in [1.807, 2.05) is 13.0 Å². The summed E-state index contributed by atoms with van der Waals surface area (Å²) in [6.07, 6.45) is 4.30. The van der Waals surface area contributed by atoms with Gasteiger partial charge in [-0.2, -0.15) is 0 Å². The maximum Gasteiger partial charge on any atom is 0.0695 e. The Hall–Kier alpha value is -0.930. The molecule has 0 saturated heterocycles. The molecule has 3 nitrogen and oxygen atoms in total. The molecule has 1 heterocycles. The van der Waals surface area contributed by atoms with E-state index in [0.717, 1.165) is 43.7 Å². The topological polar surface area (TPSA) is 36.4 Å². The van der Waals surface area contributed by atoms with Gasteiger partial charge in [0.2, 0.25) is 0 Å². The van der Waals surface area contributed by atoms with Crippen LogP contribution in [-0.2, 0) is 6.54 Å². The van der Waals surface area contributed by atoms with Gasteiger partial charge in [-0.05, 0) is 38.4 Å². The van der Waals surface area contributed by atoms with Gasteiger partial charge in [0.25, 0.3) is 0 Å². The molecule has 100 valence electrons. The Morgan fingerprint density at radius 1 is 1.33 bits per heavy atom. The minimum absolute atomic E-state index is 0.163. The van der Waals surface area contributed by atoms with Crippen molar-refractivity contribution < 1.29 is 5.11 Å². The highest BCUT2D eigenvalue weighted by molar-refractivity contribution is 5.10. The van der Waals surface area contributed by atoms with Crippen LogP contribution >= 0.6 is 0 Å². The Morgan fingerprint density at radius 3 is 2.78 bits per heavy atom. The normalized spacial score (nSPS) is 24.4. The second-order valence-corrected chi connectivity index (χ2v) is 5.25. The first-order chi connectivity index (χ1) is 8.70. The van der Waals surface area contributed by atoms with E-state index < -0.39 is 0 Å². The van der Waals surface area contributed by atoms with E-state index in [2.05, 4.69) is 28.9 Å². The van der Waals surface area contributed by atoms with E-state index in [-0.39, 0.29) is 6.10 Å². The smallest absolute Gasteiger partial charge is 0.0695 e. The van der Waals surface area contributed by atoms with Crippen LogP contribution in [0.5, 0.6) is 0 Å². The average molecular weight is 248 g/mol. The minimum atomic E-state index is -0.163. The van der Waals surface area contributed by atoms with E-state index in [9.17, 15) is 5.11 Å². The number of rotatable bonds is 4. The largest absolute Gasteiger partial charge is 0.391 e. The lowest BCUT2D eigenvalue weighted by Gasteiger charge is -2.36. The molecule has 0 unspecified atom stereocenters. The summed E-state index contributed by atoms with van der Waals surface area (Å²) in [5.74, 6) is 0. The van der Waals surface area contributed by atoms with Crippen molar-refractivity contribution in [2.45, 2.75) is 58.2 Å². The highest BCUT2D eigenvalue weighted by Crippen LogP contribution is 2.24. The molecule has 1 aliphatic carbocycles.